The molecule has 0 spiro atoms. The van der Waals surface area contributed by atoms with Gasteiger partial charge in [-0.3, -0.25) is 19.4 Å². The lowest BCUT2D eigenvalue weighted by molar-refractivity contribution is -0.123. The molecule has 2 aromatic carbocycles. The molecule has 0 N–H and O–H groups in total. The summed E-state index contributed by atoms with van der Waals surface area (Å²) < 4.78 is 13.2. The van der Waals surface area contributed by atoms with Crippen LogP contribution >= 0.6 is 0 Å². The van der Waals surface area contributed by atoms with Gasteiger partial charge in [0.05, 0.1) is 18.2 Å². The van der Waals surface area contributed by atoms with Crippen molar-refractivity contribution in [2.24, 2.45) is 0 Å². The van der Waals surface area contributed by atoms with E-state index in [1.54, 1.807) is 0 Å². The number of amides is 2. The van der Waals surface area contributed by atoms with Crippen molar-refractivity contribution in [2.45, 2.75) is 12.5 Å². The van der Waals surface area contributed by atoms with Gasteiger partial charge in [0.1, 0.15) is 5.82 Å². The smallest absolute Gasteiger partial charge is 0.251 e. The predicted octanol–water partition coefficient (Wildman–Crippen LogP) is 2.79. The third-order valence-corrected chi connectivity index (χ3v) is 5.53. The Morgan fingerprint density at radius 2 is 1.62 bits per heavy atom. The minimum Gasteiger partial charge on any atom is -0.297 e. The summed E-state index contributed by atoms with van der Waals surface area (Å²) in [4.78, 5) is 30.9. The lowest BCUT2D eigenvalue weighted by Crippen LogP contribution is -2.52. The van der Waals surface area contributed by atoms with Gasteiger partial charge in [0.2, 0.25) is 5.91 Å². The van der Waals surface area contributed by atoms with Gasteiger partial charge in [-0.25, -0.2) is 9.29 Å². The van der Waals surface area contributed by atoms with E-state index in [1.165, 1.54) is 34.7 Å². The van der Waals surface area contributed by atoms with Crippen LogP contribution in [-0.4, -0.2) is 60.4 Å². The highest BCUT2D eigenvalue weighted by molar-refractivity contribution is 6.22. The summed E-state index contributed by atoms with van der Waals surface area (Å²) in [7, 11) is 0. The molecule has 0 bridgehead atoms. The minimum atomic E-state index is -0.422. The van der Waals surface area contributed by atoms with Crippen molar-refractivity contribution in [3.8, 4) is 0 Å². The van der Waals surface area contributed by atoms with Crippen LogP contribution in [0.1, 0.15) is 12.0 Å². The zero-order valence-corrected chi connectivity index (χ0v) is 16.2. The summed E-state index contributed by atoms with van der Waals surface area (Å²) in [5.74, 6) is -0.819. The monoisotopic (exact) mass is 393 g/mol. The third kappa shape index (κ3) is 4.44. The lowest BCUT2D eigenvalue weighted by atomic mass is 10.1. The number of carbonyl (C=O) groups excluding carboxylic acids is 2. The number of nitrogens with zero attached hydrogens (tertiary/aromatic N) is 3. The van der Waals surface area contributed by atoms with Crippen LogP contribution in [0.2, 0.25) is 0 Å². The van der Waals surface area contributed by atoms with Gasteiger partial charge >= 0.3 is 0 Å². The molecule has 2 heterocycles. The van der Waals surface area contributed by atoms with Crippen molar-refractivity contribution >= 4 is 23.6 Å². The number of carbonyl (C=O) groups is 2. The van der Waals surface area contributed by atoms with E-state index >= 15 is 0 Å². The van der Waals surface area contributed by atoms with E-state index in [4.69, 9.17) is 0 Å². The van der Waals surface area contributed by atoms with Crippen LogP contribution < -0.4 is 4.90 Å². The van der Waals surface area contributed by atoms with Gasteiger partial charge in [-0.15, -0.1) is 0 Å². The first-order valence-corrected chi connectivity index (χ1v) is 9.92. The standard InChI is InChI=1S/C23H24FN3O2/c24-19-8-10-20(11-9-19)27-22(28)17-21(23(27)29)26-15-13-25(14-16-26)12-4-7-18-5-2-1-3-6-18/h1-11,21H,12-17H2/b7-4+. The second-order valence-electron chi connectivity index (χ2n) is 7.41. The van der Waals surface area contributed by atoms with E-state index in [2.05, 4.69) is 34.1 Å². The van der Waals surface area contributed by atoms with Gasteiger partial charge < -0.3 is 0 Å². The molecule has 0 saturated carbocycles. The Morgan fingerprint density at radius 3 is 2.31 bits per heavy atom. The van der Waals surface area contributed by atoms with E-state index in [1.807, 2.05) is 18.2 Å². The zero-order valence-electron chi connectivity index (χ0n) is 16.2. The van der Waals surface area contributed by atoms with Gasteiger partial charge in [-0.1, -0.05) is 42.5 Å². The Bertz CT molecular complexity index is 890. The summed E-state index contributed by atoms with van der Waals surface area (Å²) in [5.41, 5.74) is 1.62. The number of hydrogen-bond donors (Lipinski definition) is 0. The Hall–Kier alpha value is -2.83. The van der Waals surface area contributed by atoms with Crippen molar-refractivity contribution < 1.29 is 14.0 Å². The number of anilines is 1. The topological polar surface area (TPSA) is 43.9 Å². The van der Waals surface area contributed by atoms with E-state index < -0.39 is 6.04 Å². The first kappa shape index (κ1) is 19.5. The molecule has 2 aromatic rings. The van der Waals surface area contributed by atoms with Crippen LogP contribution in [0.4, 0.5) is 10.1 Å². The second kappa shape index (κ2) is 8.68. The molecule has 2 saturated heterocycles. The molecule has 5 nitrogen and oxygen atoms in total. The van der Waals surface area contributed by atoms with Crippen molar-refractivity contribution in [3.63, 3.8) is 0 Å². The molecule has 1 atom stereocenters. The summed E-state index contributed by atoms with van der Waals surface area (Å²) >= 11 is 0. The fraction of sp³-hybridized carbons (Fsp3) is 0.304. The van der Waals surface area contributed by atoms with E-state index in [0.717, 1.165) is 32.7 Å². The number of imide groups is 1. The normalized spacial score (nSPS) is 21.4. The van der Waals surface area contributed by atoms with Gasteiger partial charge in [0, 0.05) is 32.7 Å². The van der Waals surface area contributed by atoms with Crippen LogP contribution in [0, 0.1) is 5.82 Å². The summed E-state index contributed by atoms with van der Waals surface area (Å²) in [6.07, 6.45) is 4.46. The number of halogens is 1. The predicted molar refractivity (Wildman–Crippen MR) is 111 cm³/mol. The molecule has 150 valence electrons. The maximum absolute atomic E-state index is 13.2. The minimum absolute atomic E-state index is 0.185. The fourth-order valence-electron chi connectivity index (χ4n) is 3.92. The molecule has 29 heavy (non-hydrogen) atoms. The molecule has 2 aliphatic heterocycles. The Balaban J connectivity index is 1.31. The quantitative estimate of drug-likeness (QED) is 0.733. The molecule has 0 radical (unpaired) electrons. The molecule has 6 heteroatoms. The van der Waals surface area contributed by atoms with Gasteiger partial charge in [-0.2, -0.15) is 0 Å². The SMILES string of the molecule is O=C1CC(N2CCN(C/C=C/c3ccccc3)CC2)C(=O)N1c1ccc(F)cc1. The molecule has 1 unspecified atom stereocenters. The van der Waals surface area contributed by atoms with Crippen LogP contribution in [0.5, 0.6) is 0 Å². The molecule has 2 aliphatic rings. The fourth-order valence-corrected chi connectivity index (χ4v) is 3.92. The summed E-state index contributed by atoms with van der Waals surface area (Å²) in [5, 5.41) is 0. The average Bonchev–Trinajstić information content (AvgIpc) is 3.04. The molecular formula is C23H24FN3O2. The number of piperazine rings is 1. The van der Waals surface area contributed by atoms with Crippen LogP contribution in [0.25, 0.3) is 6.08 Å². The van der Waals surface area contributed by atoms with E-state index in [0.29, 0.717) is 5.69 Å². The zero-order chi connectivity index (χ0) is 20.2. The van der Waals surface area contributed by atoms with Gasteiger partial charge in [0.15, 0.2) is 0 Å². The van der Waals surface area contributed by atoms with Gasteiger partial charge in [0.25, 0.3) is 5.91 Å². The van der Waals surface area contributed by atoms with E-state index in [9.17, 15) is 14.0 Å². The Kier molecular flexibility index (Phi) is 5.83. The van der Waals surface area contributed by atoms with Crippen LogP contribution in [-0.2, 0) is 9.59 Å². The highest BCUT2D eigenvalue weighted by Gasteiger charge is 2.43. The average molecular weight is 393 g/mol. The van der Waals surface area contributed by atoms with Crippen molar-refractivity contribution in [1.82, 2.24) is 9.80 Å². The van der Waals surface area contributed by atoms with Crippen LogP contribution in [0.15, 0.2) is 60.7 Å². The highest BCUT2D eigenvalue weighted by Crippen LogP contribution is 2.26. The second-order valence-corrected chi connectivity index (χ2v) is 7.41. The number of rotatable bonds is 5. The number of benzene rings is 2. The maximum atomic E-state index is 13.2. The Morgan fingerprint density at radius 1 is 0.931 bits per heavy atom. The molecular weight excluding hydrogens is 369 g/mol. The summed E-state index contributed by atoms with van der Waals surface area (Å²) in [6, 6.07) is 15.3. The molecule has 2 amide bonds. The molecule has 0 aromatic heterocycles. The molecule has 0 aliphatic carbocycles. The van der Waals surface area contributed by atoms with Crippen molar-refractivity contribution in [2.75, 3.05) is 37.6 Å². The maximum Gasteiger partial charge on any atom is 0.251 e. The first-order valence-electron chi connectivity index (χ1n) is 9.92. The third-order valence-electron chi connectivity index (χ3n) is 5.53. The van der Waals surface area contributed by atoms with Crippen molar-refractivity contribution in [3.05, 3.63) is 72.1 Å². The van der Waals surface area contributed by atoms with E-state index in [-0.39, 0.29) is 24.1 Å². The summed E-state index contributed by atoms with van der Waals surface area (Å²) in [6.45, 7) is 4.07. The van der Waals surface area contributed by atoms with Crippen LogP contribution in [0.3, 0.4) is 0 Å². The Labute approximate surface area is 170 Å². The molecule has 4 rings (SSSR count). The highest BCUT2D eigenvalue weighted by atomic mass is 19.1. The molecule has 2 fully saturated rings. The number of hydrogen-bond acceptors (Lipinski definition) is 4. The van der Waals surface area contributed by atoms with Gasteiger partial charge in [-0.05, 0) is 29.8 Å². The largest absolute Gasteiger partial charge is 0.297 e. The first-order chi connectivity index (χ1) is 14.1. The van der Waals surface area contributed by atoms with Crippen molar-refractivity contribution in [1.29, 1.82) is 0 Å². The lowest BCUT2D eigenvalue weighted by Gasteiger charge is -2.36.